The van der Waals surface area contributed by atoms with Crippen LogP contribution in [0.5, 0.6) is 0 Å². The number of hydrogen-bond donors (Lipinski definition) is 4. The second kappa shape index (κ2) is 20.8. The van der Waals surface area contributed by atoms with Gasteiger partial charge in [0, 0.05) is 6.07 Å². The minimum absolute atomic E-state index is 0.0187. The number of aromatic nitrogens is 4. The second-order valence-corrected chi connectivity index (χ2v) is 14.3. The standard InChI is InChI=1S/C10H11Cl3N2O2.C10H12Cl2N2O2.C5H4Cl2N2.C5H5ClN2/c1-10(2,3)17-9(16)15-6-4-5(11)7(12)8(13)14-6;1-10(2,3)16-9(15)14-7-5-4-6(11)8(12)13-7;6-3-1-2-4(8)9-5(3)7;6-4-2-1-3-5(7)8-4/h4H,1-3H3,(H,14,15,16);4-5H,1-3H3,(H,13,14,15);1-2H,(H2,8,9);1-3H,(H2,7,8). The number of nitrogens with two attached hydrogens (primary N) is 2. The number of carbonyl (C=O) groups excluding carboxylic acids is 2. The molecule has 12 nitrogen and oxygen atoms in total. The number of hydrogen-bond acceptors (Lipinski definition) is 10. The van der Waals surface area contributed by atoms with E-state index in [9.17, 15) is 9.59 Å². The number of halogens is 8. The number of pyridine rings is 4. The van der Waals surface area contributed by atoms with E-state index in [1.54, 1.807) is 77.9 Å². The zero-order valence-corrected chi connectivity index (χ0v) is 33.3. The molecule has 0 aliphatic carbocycles. The van der Waals surface area contributed by atoms with Crippen molar-refractivity contribution in [1.29, 1.82) is 0 Å². The zero-order chi connectivity index (χ0) is 38.4. The number of amides is 2. The van der Waals surface area contributed by atoms with Crippen molar-refractivity contribution < 1.29 is 19.1 Å². The van der Waals surface area contributed by atoms with Crippen molar-refractivity contribution in [2.75, 3.05) is 22.1 Å². The summed E-state index contributed by atoms with van der Waals surface area (Å²) in [4.78, 5) is 37.9. The summed E-state index contributed by atoms with van der Waals surface area (Å²) in [6.45, 7) is 10.6. The first-order valence-electron chi connectivity index (χ1n) is 13.7. The lowest BCUT2D eigenvalue weighted by molar-refractivity contribution is 0.0624. The molecule has 0 aliphatic rings. The average Bonchev–Trinajstić information content (AvgIpc) is 2.95. The van der Waals surface area contributed by atoms with Gasteiger partial charge in [-0.25, -0.2) is 29.5 Å². The maximum Gasteiger partial charge on any atom is 0.413 e. The van der Waals surface area contributed by atoms with E-state index in [2.05, 4.69) is 30.6 Å². The van der Waals surface area contributed by atoms with Gasteiger partial charge in [-0.3, -0.25) is 10.6 Å². The summed E-state index contributed by atoms with van der Waals surface area (Å²) in [6.07, 6.45) is -1.22. The highest BCUT2D eigenvalue weighted by molar-refractivity contribution is 6.47. The molecule has 2 amide bonds. The van der Waals surface area contributed by atoms with Gasteiger partial charge in [0.15, 0.2) is 5.15 Å². The van der Waals surface area contributed by atoms with E-state index in [-0.39, 0.29) is 31.3 Å². The number of rotatable bonds is 2. The van der Waals surface area contributed by atoms with E-state index >= 15 is 0 Å². The average molecular weight is 852 g/mol. The smallest absolute Gasteiger partial charge is 0.413 e. The third kappa shape index (κ3) is 19.5. The summed E-state index contributed by atoms with van der Waals surface area (Å²) in [5.41, 5.74) is 9.39. The minimum atomic E-state index is -0.639. The Hall–Kier alpha value is -2.94. The van der Waals surface area contributed by atoms with Gasteiger partial charge in [0.25, 0.3) is 0 Å². The van der Waals surface area contributed by atoms with E-state index in [0.29, 0.717) is 32.7 Å². The van der Waals surface area contributed by atoms with Crippen molar-refractivity contribution in [3.63, 3.8) is 0 Å². The summed E-state index contributed by atoms with van der Waals surface area (Å²) in [6, 6.07) is 12.8. The van der Waals surface area contributed by atoms with E-state index in [1.165, 1.54) is 12.1 Å². The Labute approximate surface area is 329 Å². The van der Waals surface area contributed by atoms with Crippen molar-refractivity contribution >= 4 is 128 Å². The van der Waals surface area contributed by atoms with Gasteiger partial charge in [0.05, 0.1) is 20.1 Å². The fourth-order valence-electron chi connectivity index (χ4n) is 2.69. The number of anilines is 4. The Kier molecular flexibility index (Phi) is 18.8. The van der Waals surface area contributed by atoms with Gasteiger partial charge in [0.1, 0.15) is 49.9 Å². The Morgan fingerprint density at radius 3 is 1.44 bits per heavy atom. The quantitative estimate of drug-likeness (QED) is 0.142. The van der Waals surface area contributed by atoms with Crippen molar-refractivity contribution in [2.24, 2.45) is 0 Å². The third-order valence-corrected chi connectivity index (χ3v) is 7.23. The number of nitrogens with zero attached hydrogens (tertiary/aromatic N) is 4. The monoisotopic (exact) mass is 848 g/mol. The molecule has 0 saturated carbocycles. The van der Waals surface area contributed by atoms with Crippen molar-refractivity contribution in [1.82, 2.24) is 19.9 Å². The van der Waals surface area contributed by atoms with Gasteiger partial charge < -0.3 is 20.9 Å². The van der Waals surface area contributed by atoms with E-state index in [1.807, 2.05) is 0 Å². The molecule has 4 rings (SSSR count). The summed E-state index contributed by atoms with van der Waals surface area (Å²) in [5.74, 6) is 1.31. The maximum absolute atomic E-state index is 11.4. The largest absolute Gasteiger partial charge is 0.444 e. The summed E-state index contributed by atoms with van der Waals surface area (Å²) in [5, 5.41) is 6.79. The number of ether oxygens (including phenoxy) is 2. The predicted octanol–water partition coefficient (Wildman–Crippen LogP) is 11.4. The van der Waals surface area contributed by atoms with Gasteiger partial charge >= 0.3 is 12.2 Å². The van der Waals surface area contributed by atoms with Gasteiger partial charge in [-0.2, -0.15) is 0 Å². The van der Waals surface area contributed by atoms with Crippen LogP contribution in [0.4, 0.5) is 32.9 Å². The molecule has 4 aromatic heterocycles. The lowest BCUT2D eigenvalue weighted by Gasteiger charge is -2.19. The highest BCUT2D eigenvalue weighted by Gasteiger charge is 2.18. The first kappa shape index (κ1) is 45.1. The third-order valence-electron chi connectivity index (χ3n) is 4.50. The van der Waals surface area contributed by atoms with Crippen LogP contribution in [-0.2, 0) is 9.47 Å². The first-order chi connectivity index (χ1) is 23.0. The summed E-state index contributed by atoms with van der Waals surface area (Å²) < 4.78 is 10.1. The lowest BCUT2D eigenvalue weighted by atomic mass is 10.2. The highest BCUT2D eigenvalue weighted by atomic mass is 35.5. The van der Waals surface area contributed by atoms with Crippen molar-refractivity contribution in [2.45, 2.75) is 52.7 Å². The Balaban J connectivity index is 0.000000349. The SMILES string of the molecule is CC(C)(C)OC(=O)Nc1cc(Cl)c(Cl)c(Cl)n1.CC(C)(C)OC(=O)Nc1ccc(Cl)c(Cl)n1.Nc1ccc(Cl)c(Cl)n1.Nc1cccc(Cl)n1. The molecular formula is C30H32Cl8N8O4. The second-order valence-electron chi connectivity index (χ2n) is 11.2. The van der Waals surface area contributed by atoms with Crippen LogP contribution < -0.4 is 22.1 Å². The van der Waals surface area contributed by atoms with E-state index < -0.39 is 23.4 Å². The van der Waals surface area contributed by atoms with Gasteiger partial charge in [0.2, 0.25) is 0 Å². The number of nitrogen functional groups attached to an aromatic ring is 2. The van der Waals surface area contributed by atoms with Gasteiger partial charge in [-0.1, -0.05) is 98.9 Å². The molecule has 0 spiro atoms. The van der Waals surface area contributed by atoms with Crippen LogP contribution in [-0.4, -0.2) is 43.3 Å². The van der Waals surface area contributed by atoms with Crippen LogP contribution in [0.3, 0.4) is 0 Å². The summed E-state index contributed by atoms with van der Waals surface area (Å²) >= 11 is 45.1. The molecule has 6 N–H and O–H groups in total. The molecule has 0 radical (unpaired) electrons. The molecule has 0 aromatic carbocycles. The number of nitrogens with one attached hydrogen (secondary N) is 2. The van der Waals surface area contributed by atoms with Crippen molar-refractivity contribution in [3.05, 3.63) is 89.2 Å². The first-order valence-corrected chi connectivity index (χ1v) is 16.8. The van der Waals surface area contributed by atoms with E-state index in [4.69, 9.17) is 114 Å². The summed E-state index contributed by atoms with van der Waals surface area (Å²) in [7, 11) is 0. The lowest BCUT2D eigenvalue weighted by Crippen LogP contribution is -2.27. The van der Waals surface area contributed by atoms with Crippen molar-refractivity contribution in [3.8, 4) is 0 Å². The van der Waals surface area contributed by atoms with Crippen LogP contribution in [0.2, 0.25) is 40.7 Å². The van der Waals surface area contributed by atoms with E-state index in [0.717, 1.165) is 0 Å². The molecule has 4 heterocycles. The minimum Gasteiger partial charge on any atom is -0.444 e. The molecule has 50 heavy (non-hydrogen) atoms. The molecule has 0 saturated heterocycles. The van der Waals surface area contributed by atoms with Crippen LogP contribution in [0.15, 0.2) is 48.5 Å². The molecule has 0 unspecified atom stereocenters. The predicted molar refractivity (Wildman–Crippen MR) is 206 cm³/mol. The normalized spacial score (nSPS) is 10.5. The van der Waals surface area contributed by atoms with Crippen LogP contribution >= 0.6 is 92.8 Å². The molecule has 0 fully saturated rings. The topological polar surface area (TPSA) is 180 Å². The Morgan fingerprint density at radius 1 is 0.580 bits per heavy atom. The fourth-order valence-corrected chi connectivity index (χ4v) is 3.92. The Bertz CT molecular complexity index is 1720. The van der Waals surface area contributed by atoms with Crippen LogP contribution in [0.25, 0.3) is 0 Å². The molecule has 0 bridgehead atoms. The molecule has 20 heteroatoms. The zero-order valence-electron chi connectivity index (χ0n) is 27.2. The molecule has 0 aliphatic heterocycles. The maximum atomic E-state index is 11.4. The molecular weight excluding hydrogens is 820 g/mol. The Morgan fingerprint density at radius 2 is 1.04 bits per heavy atom. The molecule has 4 aromatic rings. The van der Waals surface area contributed by atoms with Gasteiger partial charge in [-0.05, 0) is 77.9 Å². The highest BCUT2D eigenvalue weighted by Crippen LogP contribution is 2.30. The van der Waals surface area contributed by atoms with Crippen LogP contribution in [0.1, 0.15) is 41.5 Å². The molecule has 272 valence electrons. The number of carbonyl (C=O) groups is 2. The van der Waals surface area contributed by atoms with Gasteiger partial charge in [-0.15, -0.1) is 0 Å². The van der Waals surface area contributed by atoms with Crippen LogP contribution in [0, 0.1) is 0 Å². The fraction of sp³-hybridized carbons (Fsp3) is 0.267. The molecule has 0 atom stereocenters.